The van der Waals surface area contributed by atoms with Crippen molar-refractivity contribution < 1.29 is 19.2 Å². The van der Waals surface area contributed by atoms with E-state index in [4.69, 9.17) is 0 Å². The van der Waals surface area contributed by atoms with Crippen molar-refractivity contribution in [3.63, 3.8) is 0 Å². The van der Waals surface area contributed by atoms with Gasteiger partial charge in [-0.1, -0.05) is 19.1 Å². The Morgan fingerprint density at radius 3 is 2.22 bits per heavy atom. The lowest BCUT2D eigenvalue weighted by Gasteiger charge is -2.15. The van der Waals surface area contributed by atoms with Crippen LogP contribution in [0.3, 0.4) is 0 Å². The molecule has 2 aromatic carbocycles. The Kier molecular flexibility index (Phi) is 5.30. The van der Waals surface area contributed by atoms with E-state index in [1.165, 1.54) is 6.07 Å². The smallest absolute Gasteiger partial charge is 0.255 e. The van der Waals surface area contributed by atoms with Gasteiger partial charge in [-0.15, -0.1) is 0 Å². The predicted molar refractivity (Wildman–Crippen MR) is 101 cm³/mol. The molecule has 1 aliphatic rings. The molecule has 1 heterocycles. The van der Waals surface area contributed by atoms with Crippen LogP contribution in [-0.2, 0) is 14.4 Å². The van der Waals surface area contributed by atoms with E-state index in [1.807, 2.05) is 0 Å². The molecule has 2 aromatic rings. The van der Waals surface area contributed by atoms with Crippen LogP contribution in [0, 0.1) is 0 Å². The molecule has 1 aliphatic heterocycles. The highest BCUT2D eigenvalue weighted by molar-refractivity contribution is 6.20. The molecule has 1 saturated heterocycles. The van der Waals surface area contributed by atoms with E-state index in [2.05, 4.69) is 10.6 Å². The number of carbonyl (C=O) groups is 4. The lowest BCUT2D eigenvalue weighted by Crippen LogP contribution is -2.28. The second-order valence-electron chi connectivity index (χ2n) is 6.11. The number of benzene rings is 2. The summed E-state index contributed by atoms with van der Waals surface area (Å²) in [7, 11) is 0. The molecule has 0 bridgehead atoms. The van der Waals surface area contributed by atoms with Crippen LogP contribution in [-0.4, -0.2) is 23.6 Å². The van der Waals surface area contributed by atoms with Crippen LogP contribution < -0.4 is 15.5 Å². The van der Waals surface area contributed by atoms with Gasteiger partial charge in [0.2, 0.25) is 17.7 Å². The summed E-state index contributed by atoms with van der Waals surface area (Å²) in [5.74, 6) is -1.03. The molecule has 7 heteroatoms. The van der Waals surface area contributed by atoms with Crippen molar-refractivity contribution in [2.45, 2.75) is 26.2 Å². The fourth-order valence-corrected chi connectivity index (χ4v) is 2.78. The van der Waals surface area contributed by atoms with Crippen LogP contribution in [0.1, 0.15) is 36.5 Å². The molecule has 0 aromatic heterocycles. The first kappa shape index (κ1) is 18.3. The molecule has 0 saturated carbocycles. The highest BCUT2D eigenvalue weighted by atomic mass is 16.2. The number of carbonyl (C=O) groups excluding carboxylic acids is 4. The van der Waals surface area contributed by atoms with Crippen LogP contribution in [0.15, 0.2) is 48.5 Å². The van der Waals surface area contributed by atoms with E-state index in [0.29, 0.717) is 29.0 Å². The Morgan fingerprint density at radius 2 is 1.56 bits per heavy atom. The zero-order valence-corrected chi connectivity index (χ0v) is 14.8. The Hall–Kier alpha value is -3.48. The highest BCUT2D eigenvalue weighted by Gasteiger charge is 2.30. The molecule has 0 unspecified atom stereocenters. The molecule has 4 amide bonds. The van der Waals surface area contributed by atoms with Gasteiger partial charge in [-0.3, -0.25) is 24.1 Å². The van der Waals surface area contributed by atoms with Gasteiger partial charge in [0, 0.05) is 36.2 Å². The fraction of sp³-hybridized carbons (Fsp3) is 0.200. The number of imide groups is 1. The van der Waals surface area contributed by atoms with Gasteiger partial charge in [0.1, 0.15) is 0 Å². The van der Waals surface area contributed by atoms with Gasteiger partial charge >= 0.3 is 0 Å². The van der Waals surface area contributed by atoms with Crippen LogP contribution in [0.5, 0.6) is 0 Å². The third-order valence-corrected chi connectivity index (χ3v) is 4.14. The quantitative estimate of drug-likeness (QED) is 0.797. The fourth-order valence-electron chi connectivity index (χ4n) is 2.78. The molecule has 1 fully saturated rings. The summed E-state index contributed by atoms with van der Waals surface area (Å²) < 4.78 is 0. The molecule has 2 N–H and O–H groups in total. The van der Waals surface area contributed by atoms with Crippen molar-refractivity contribution in [3.05, 3.63) is 54.1 Å². The minimum absolute atomic E-state index is 0.119. The first-order valence-corrected chi connectivity index (χ1v) is 8.65. The summed E-state index contributed by atoms with van der Waals surface area (Å²) in [5.41, 5.74) is 1.82. The number of nitrogens with one attached hydrogen (secondary N) is 2. The molecule has 0 radical (unpaired) electrons. The molecule has 138 valence electrons. The highest BCUT2D eigenvalue weighted by Crippen LogP contribution is 2.24. The van der Waals surface area contributed by atoms with E-state index in [0.717, 1.165) is 4.90 Å². The van der Waals surface area contributed by atoms with Crippen molar-refractivity contribution in [1.82, 2.24) is 0 Å². The third kappa shape index (κ3) is 4.20. The lowest BCUT2D eigenvalue weighted by atomic mass is 10.1. The molecule has 0 spiro atoms. The topological polar surface area (TPSA) is 95.6 Å². The van der Waals surface area contributed by atoms with Crippen molar-refractivity contribution in [3.8, 4) is 0 Å². The average Bonchev–Trinajstić information content (AvgIpc) is 3.00. The van der Waals surface area contributed by atoms with E-state index >= 15 is 0 Å². The van der Waals surface area contributed by atoms with Crippen molar-refractivity contribution in [1.29, 1.82) is 0 Å². The monoisotopic (exact) mass is 365 g/mol. The molecule has 3 rings (SSSR count). The van der Waals surface area contributed by atoms with E-state index in [1.54, 1.807) is 49.4 Å². The van der Waals surface area contributed by atoms with Crippen molar-refractivity contribution in [2.75, 3.05) is 15.5 Å². The van der Waals surface area contributed by atoms with Gasteiger partial charge in [0.15, 0.2) is 0 Å². The van der Waals surface area contributed by atoms with Crippen LogP contribution in [0.4, 0.5) is 17.1 Å². The summed E-state index contributed by atoms with van der Waals surface area (Å²) >= 11 is 0. The van der Waals surface area contributed by atoms with Crippen molar-refractivity contribution >= 4 is 40.7 Å². The normalized spacial score (nSPS) is 13.6. The number of amides is 4. The van der Waals surface area contributed by atoms with E-state index in [-0.39, 0.29) is 36.5 Å². The van der Waals surface area contributed by atoms with Gasteiger partial charge < -0.3 is 10.6 Å². The predicted octanol–water partition coefficient (Wildman–Crippen LogP) is 2.94. The standard InChI is InChI=1S/C20H19N3O4/c1-2-17(24)21-14-6-4-7-15(12-14)22-20(27)13-5-3-8-16(11-13)23-18(25)9-10-19(23)26/h3-8,11-12H,2,9-10H2,1H3,(H,21,24)(H,22,27). The van der Waals surface area contributed by atoms with Gasteiger partial charge in [-0.25, -0.2) is 0 Å². The molecule has 7 nitrogen and oxygen atoms in total. The Morgan fingerprint density at radius 1 is 0.926 bits per heavy atom. The van der Waals surface area contributed by atoms with Gasteiger partial charge in [-0.2, -0.15) is 0 Å². The second kappa shape index (κ2) is 7.82. The summed E-state index contributed by atoms with van der Waals surface area (Å²) in [6.45, 7) is 1.75. The molecule has 27 heavy (non-hydrogen) atoms. The zero-order chi connectivity index (χ0) is 19.4. The van der Waals surface area contributed by atoms with Gasteiger partial charge in [0.25, 0.3) is 5.91 Å². The Balaban J connectivity index is 1.76. The minimum Gasteiger partial charge on any atom is -0.326 e. The first-order chi connectivity index (χ1) is 13.0. The number of hydrogen-bond acceptors (Lipinski definition) is 4. The lowest BCUT2D eigenvalue weighted by molar-refractivity contribution is -0.121. The second-order valence-corrected chi connectivity index (χ2v) is 6.11. The Bertz CT molecular complexity index is 907. The Labute approximate surface area is 156 Å². The van der Waals surface area contributed by atoms with Crippen LogP contribution in [0.25, 0.3) is 0 Å². The maximum atomic E-state index is 12.5. The van der Waals surface area contributed by atoms with E-state index < -0.39 is 0 Å². The molecule has 0 aliphatic carbocycles. The number of anilines is 3. The summed E-state index contributed by atoms with van der Waals surface area (Å²) in [6.07, 6.45) is 0.731. The average molecular weight is 365 g/mol. The first-order valence-electron chi connectivity index (χ1n) is 8.65. The largest absolute Gasteiger partial charge is 0.326 e. The molecular formula is C20H19N3O4. The van der Waals surface area contributed by atoms with Crippen LogP contribution in [0.2, 0.25) is 0 Å². The van der Waals surface area contributed by atoms with E-state index in [9.17, 15) is 19.2 Å². The maximum Gasteiger partial charge on any atom is 0.255 e. The maximum absolute atomic E-state index is 12.5. The number of rotatable bonds is 5. The summed E-state index contributed by atoms with van der Waals surface area (Å²) in [5, 5.41) is 5.48. The van der Waals surface area contributed by atoms with Crippen molar-refractivity contribution in [2.24, 2.45) is 0 Å². The summed E-state index contributed by atoms with van der Waals surface area (Å²) in [6, 6.07) is 13.2. The molecular weight excluding hydrogens is 346 g/mol. The number of hydrogen-bond donors (Lipinski definition) is 2. The van der Waals surface area contributed by atoms with Gasteiger partial charge in [-0.05, 0) is 36.4 Å². The zero-order valence-electron chi connectivity index (χ0n) is 14.8. The molecule has 0 atom stereocenters. The number of nitrogens with zero attached hydrogens (tertiary/aromatic N) is 1. The van der Waals surface area contributed by atoms with Gasteiger partial charge in [0.05, 0.1) is 5.69 Å². The van der Waals surface area contributed by atoms with Crippen LogP contribution >= 0.6 is 0 Å². The third-order valence-electron chi connectivity index (χ3n) is 4.14. The minimum atomic E-state index is -0.380. The SMILES string of the molecule is CCC(=O)Nc1cccc(NC(=O)c2cccc(N3C(=O)CCC3=O)c2)c1. The summed E-state index contributed by atoms with van der Waals surface area (Å²) in [4.78, 5) is 48.9.